The van der Waals surface area contributed by atoms with Gasteiger partial charge >= 0.3 is 0 Å². The number of benzene rings is 2. The number of nitrogens with zero attached hydrogens (tertiary/aromatic N) is 1. The van der Waals surface area contributed by atoms with Crippen molar-refractivity contribution in [3.8, 4) is 0 Å². The third kappa shape index (κ3) is 4.85. The Kier molecular flexibility index (Phi) is 6.77. The number of aromatic amines is 1. The number of fused-ring (bicyclic) bond motifs is 1. The summed E-state index contributed by atoms with van der Waals surface area (Å²) in [5.74, 6) is 0.607. The summed E-state index contributed by atoms with van der Waals surface area (Å²) in [5, 5.41) is 4.17. The van der Waals surface area contributed by atoms with Crippen molar-refractivity contribution >= 4 is 40.1 Å². The third-order valence-corrected chi connectivity index (χ3v) is 6.35. The molecule has 0 aliphatic carbocycles. The Morgan fingerprint density at radius 2 is 1.90 bits per heavy atom. The van der Waals surface area contributed by atoms with Crippen LogP contribution in [0.3, 0.4) is 0 Å². The van der Waals surface area contributed by atoms with Crippen LogP contribution in [0.15, 0.2) is 66.9 Å². The van der Waals surface area contributed by atoms with Crippen LogP contribution in [0.4, 0.5) is 0 Å². The summed E-state index contributed by atoms with van der Waals surface area (Å²) in [4.78, 5) is 31.1. The summed E-state index contributed by atoms with van der Waals surface area (Å²) in [6, 6.07) is 16.8. The number of H-pyrrole nitrogens is 1. The highest BCUT2D eigenvalue weighted by molar-refractivity contribution is 7.98. The summed E-state index contributed by atoms with van der Waals surface area (Å²) in [6.45, 7) is 1.21. The van der Waals surface area contributed by atoms with Gasteiger partial charge in [-0.3, -0.25) is 9.59 Å². The summed E-state index contributed by atoms with van der Waals surface area (Å²) in [5.41, 5.74) is 4.16. The number of amides is 2. The Bertz CT molecular complexity index is 1090. The van der Waals surface area contributed by atoms with E-state index in [-0.39, 0.29) is 11.8 Å². The molecule has 0 saturated heterocycles. The molecule has 0 saturated carbocycles. The van der Waals surface area contributed by atoms with E-state index in [9.17, 15) is 9.59 Å². The molecule has 2 N–H and O–H groups in total. The zero-order valence-corrected chi connectivity index (χ0v) is 18.5. The first-order valence-corrected chi connectivity index (χ1v) is 12.0. The van der Waals surface area contributed by atoms with Crippen molar-refractivity contribution in [1.82, 2.24) is 15.2 Å². The van der Waals surface area contributed by atoms with Crippen LogP contribution in [-0.4, -0.2) is 52.8 Å². The lowest BCUT2D eigenvalue weighted by atomic mass is 9.98. The van der Waals surface area contributed by atoms with Crippen molar-refractivity contribution in [1.29, 1.82) is 0 Å². The Hall–Kier alpha value is -2.99. The van der Waals surface area contributed by atoms with Crippen molar-refractivity contribution in [3.05, 3.63) is 78.0 Å². The second kappa shape index (κ2) is 9.88. The number of hydrogen-bond acceptors (Lipinski definition) is 3. The molecule has 0 fully saturated rings. The Labute approximate surface area is 186 Å². The van der Waals surface area contributed by atoms with E-state index in [1.807, 2.05) is 41.5 Å². The smallest absolute Gasteiger partial charge is 0.251 e. The molecule has 6 heteroatoms. The SMILES string of the molecule is CSCC[C@@H](NC(=O)c1ccccc1)C(=O)N1CC=C(c2c[nH]c3ccccc23)CC1. The van der Waals surface area contributed by atoms with E-state index in [2.05, 4.69) is 34.7 Å². The molecule has 5 nitrogen and oxygen atoms in total. The zero-order valence-electron chi connectivity index (χ0n) is 17.6. The molecule has 31 heavy (non-hydrogen) atoms. The van der Waals surface area contributed by atoms with Crippen molar-refractivity contribution in [2.24, 2.45) is 0 Å². The maximum Gasteiger partial charge on any atom is 0.251 e. The van der Waals surface area contributed by atoms with Crippen molar-refractivity contribution in [2.75, 3.05) is 25.1 Å². The minimum absolute atomic E-state index is 0.00689. The molecule has 0 unspecified atom stereocenters. The maximum absolute atomic E-state index is 13.2. The number of aromatic nitrogens is 1. The van der Waals surface area contributed by atoms with Gasteiger partial charge in [0.1, 0.15) is 6.04 Å². The van der Waals surface area contributed by atoms with Gasteiger partial charge in [-0.15, -0.1) is 0 Å². The van der Waals surface area contributed by atoms with E-state index in [0.717, 1.165) is 17.7 Å². The van der Waals surface area contributed by atoms with Gasteiger partial charge in [-0.2, -0.15) is 11.8 Å². The molecular weight excluding hydrogens is 406 g/mol. The van der Waals surface area contributed by atoms with Gasteiger partial charge in [0.2, 0.25) is 5.91 Å². The Balaban J connectivity index is 1.46. The predicted octanol–water partition coefficient (Wildman–Crippen LogP) is 4.34. The molecule has 4 rings (SSSR count). The molecule has 2 aromatic carbocycles. The van der Waals surface area contributed by atoms with Crippen LogP contribution in [0.1, 0.15) is 28.8 Å². The molecule has 1 aromatic heterocycles. The van der Waals surface area contributed by atoms with Crippen LogP contribution in [0, 0.1) is 0 Å². The summed E-state index contributed by atoms with van der Waals surface area (Å²) in [7, 11) is 0. The lowest BCUT2D eigenvalue weighted by Gasteiger charge is -2.30. The first kappa shape index (κ1) is 21.2. The van der Waals surface area contributed by atoms with Gasteiger partial charge in [0.15, 0.2) is 0 Å². The molecular formula is C25H27N3O2S. The normalized spacial score (nSPS) is 14.9. The molecule has 3 aromatic rings. The van der Waals surface area contributed by atoms with Crippen LogP contribution < -0.4 is 5.32 Å². The van der Waals surface area contributed by atoms with E-state index in [1.54, 1.807) is 23.9 Å². The Morgan fingerprint density at radius 3 is 2.65 bits per heavy atom. The second-order valence-corrected chi connectivity index (χ2v) is 8.67. The molecule has 0 spiro atoms. The van der Waals surface area contributed by atoms with Crippen molar-refractivity contribution < 1.29 is 9.59 Å². The predicted molar refractivity (Wildman–Crippen MR) is 128 cm³/mol. The van der Waals surface area contributed by atoms with Crippen molar-refractivity contribution in [2.45, 2.75) is 18.9 Å². The van der Waals surface area contributed by atoms with Crippen LogP contribution >= 0.6 is 11.8 Å². The summed E-state index contributed by atoms with van der Waals surface area (Å²) < 4.78 is 0. The topological polar surface area (TPSA) is 65.2 Å². The van der Waals surface area contributed by atoms with Crippen LogP contribution in [0.25, 0.3) is 16.5 Å². The maximum atomic E-state index is 13.2. The standard InChI is InChI=1S/C25H27N3O2S/c1-31-16-13-23(27-24(29)19-7-3-2-4-8-19)25(30)28-14-11-18(12-15-28)21-17-26-22-10-6-5-9-20(21)22/h2-11,17,23,26H,12-16H2,1H3,(H,27,29)/t23-/m1/s1. The largest absolute Gasteiger partial charge is 0.361 e. The van der Waals surface area contributed by atoms with E-state index < -0.39 is 6.04 Å². The summed E-state index contributed by atoms with van der Waals surface area (Å²) >= 11 is 1.68. The van der Waals surface area contributed by atoms with Crippen molar-refractivity contribution in [3.63, 3.8) is 0 Å². The number of para-hydroxylation sites is 1. The quantitative estimate of drug-likeness (QED) is 0.583. The van der Waals surface area contributed by atoms with E-state index in [1.165, 1.54) is 16.5 Å². The van der Waals surface area contributed by atoms with Crippen LogP contribution in [-0.2, 0) is 4.79 Å². The Morgan fingerprint density at radius 1 is 1.13 bits per heavy atom. The molecule has 1 aliphatic rings. The fraction of sp³-hybridized carbons (Fsp3) is 0.280. The van der Waals surface area contributed by atoms with E-state index >= 15 is 0 Å². The molecule has 0 radical (unpaired) electrons. The molecule has 1 aliphatic heterocycles. The van der Waals surface area contributed by atoms with Gasteiger partial charge in [-0.25, -0.2) is 0 Å². The van der Waals surface area contributed by atoms with E-state index in [0.29, 0.717) is 25.1 Å². The number of carbonyl (C=O) groups is 2. The van der Waals surface area contributed by atoms with Crippen LogP contribution in [0.5, 0.6) is 0 Å². The number of rotatable bonds is 7. The number of hydrogen-bond donors (Lipinski definition) is 2. The highest BCUT2D eigenvalue weighted by Gasteiger charge is 2.27. The zero-order chi connectivity index (χ0) is 21.6. The molecule has 0 bridgehead atoms. The molecule has 1 atom stereocenters. The monoisotopic (exact) mass is 433 g/mol. The first-order valence-electron chi connectivity index (χ1n) is 10.6. The minimum atomic E-state index is -0.511. The number of carbonyl (C=O) groups excluding carboxylic acids is 2. The van der Waals surface area contributed by atoms with Gasteiger partial charge in [0, 0.05) is 41.3 Å². The first-order chi connectivity index (χ1) is 15.2. The fourth-order valence-electron chi connectivity index (χ4n) is 4.00. The van der Waals surface area contributed by atoms with Gasteiger partial charge in [0.05, 0.1) is 0 Å². The third-order valence-electron chi connectivity index (χ3n) is 5.71. The average Bonchev–Trinajstić information content (AvgIpc) is 3.26. The van der Waals surface area contributed by atoms with Gasteiger partial charge in [0.25, 0.3) is 5.91 Å². The van der Waals surface area contributed by atoms with E-state index in [4.69, 9.17) is 0 Å². The van der Waals surface area contributed by atoms with Crippen LogP contribution in [0.2, 0.25) is 0 Å². The highest BCUT2D eigenvalue weighted by atomic mass is 32.2. The number of nitrogens with one attached hydrogen (secondary N) is 2. The molecule has 2 heterocycles. The lowest BCUT2D eigenvalue weighted by Crippen LogP contribution is -2.49. The second-order valence-electron chi connectivity index (χ2n) is 7.69. The van der Waals surface area contributed by atoms with Gasteiger partial charge in [-0.1, -0.05) is 42.5 Å². The molecule has 2 amide bonds. The highest BCUT2D eigenvalue weighted by Crippen LogP contribution is 2.29. The average molecular weight is 434 g/mol. The van der Waals surface area contributed by atoms with Gasteiger partial charge in [-0.05, 0) is 48.6 Å². The number of thioether (sulfide) groups is 1. The minimum Gasteiger partial charge on any atom is -0.361 e. The summed E-state index contributed by atoms with van der Waals surface area (Å²) in [6.07, 6.45) is 7.62. The lowest BCUT2D eigenvalue weighted by molar-refractivity contribution is -0.132. The fourth-order valence-corrected chi connectivity index (χ4v) is 4.47. The van der Waals surface area contributed by atoms with Gasteiger partial charge < -0.3 is 15.2 Å². The molecule has 160 valence electrons.